The Labute approximate surface area is 86.9 Å². The second kappa shape index (κ2) is 3.53. The molecule has 0 amide bonds. The summed E-state index contributed by atoms with van der Waals surface area (Å²) in [5.41, 5.74) is 0. The molecule has 0 bridgehead atoms. The molecule has 0 atom stereocenters. The molecule has 3 nitrogen and oxygen atoms in total. The second-order valence-corrected chi connectivity index (χ2v) is 6.34. The SMILES string of the molecule is COc1c(Br)csc1S(=O)(=O)Cl. The number of ether oxygens (including phenoxy) is 1. The molecule has 1 rings (SSSR count). The van der Waals surface area contributed by atoms with Crippen molar-refractivity contribution in [2.45, 2.75) is 4.21 Å². The Morgan fingerprint density at radius 2 is 2.25 bits per heavy atom. The van der Waals surface area contributed by atoms with Crippen LogP contribution in [0.15, 0.2) is 14.1 Å². The van der Waals surface area contributed by atoms with Gasteiger partial charge in [-0.1, -0.05) is 0 Å². The Morgan fingerprint density at radius 1 is 1.67 bits per heavy atom. The van der Waals surface area contributed by atoms with E-state index in [9.17, 15) is 8.42 Å². The summed E-state index contributed by atoms with van der Waals surface area (Å²) in [4.78, 5) is 0. The molecule has 7 heteroatoms. The van der Waals surface area contributed by atoms with E-state index in [0.29, 0.717) is 4.47 Å². The zero-order valence-corrected chi connectivity index (χ0v) is 9.85. The second-order valence-electron chi connectivity index (χ2n) is 1.84. The molecule has 0 N–H and O–H groups in total. The molecular formula is C5H4BrClO3S2. The van der Waals surface area contributed by atoms with Crippen LogP contribution in [0.25, 0.3) is 0 Å². The lowest BCUT2D eigenvalue weighted by molar-refractivity contribution is 0.404. The minimum absolute atomic E-state index is 0.0264. The minimum atomic E-state index is -3.69. The highest BCUT2D eigenvalue weighted by molar-refractivity contribution is 9.10. The Balaban J connectivity index is 3.36. The average molecular weight is 292 g/mol. The van der Waals surface area contributed by atoms with Crippen LogP contribution in [0.4, 0.5) is 0 Å². The van der Waals surface area contributed by atoms with Crippen molar-refractivity contribution in [3.05, 3.63) is 9.85 Å². The number of rotatable bonds is 2. The van der Waals surface area contributed by atoms with Crippen molar-refractivity contribution in [3.63, 3.8) is 0 Å². The van der Waals surface area contributed by atoms with Gasteiger partial charge < -0.3 is 4.74 Å². The molecule has 1 heterocycles. The highest BCUT2D eigenvalue weighted by Crippen LogP contribution is 2.39. The third-order valence-corrected chi connectivity index (χ3v) is 5.06. The largest absolute Gasteiger partial charge is 0.493 e. The van der Waals surface area contributed by atoms with E-state index in [-0.39, 0.29) is 9.96 Å². The van der Waals surface area contributed by atoms with Crippen molar-refractivity contribution in [1.29, 1.82) is 0 Å². The molecule has 0 spiro atoms. The van der Waals surface area contributed by atoms with Crippen LogP contribution in [0, 0.1) is 0 Å². The number of hydrogen-bond acceptors (Lipinski definition) is 4. The lowest BCUT2D eigenvalue weighted by Gasteiger charge is -1.98. The molecule has 1 aromatic rings. The maximum atomic E-state index is 10.9. The van der Waals surface area contributed by atoms with Crippen molar-refractivity contribution in [2.24, 2.45) is 0 Å². The molecule has 0 fully saturated rings. The summed E-state index contributed by atoms with van der Waals surface area (Å²) in [5.74, 6) is 0.259. The van der Waals surface area contributed by atoms with E-state index < -0.39 is 9.05 Å². The van der Waals surface area contributed by atoms with E-state index in [2.05, 4.69) is 15.9 Å². The van der Waals surface area contributed by atoms with Gasteiger partial charge in [0.05, 0.1) is 11.6 Å². The molecule has 0 unspecified atom stereocenters. The molecule has 12 heavy (non-hydrogen) atoms. The first kappa shape index (κ1) is 10.3. The van der Waals surface area contributed by atoms with Crippen LogP contribution in [0.3, 0.4) is 0 Å². The van der Waals surface area contributed by atoms with Gasteiger partial charge in [0.1, 0.15) is 0 Å². The maximum absolute atomic E-state index is 10.9. The summed E-state index contributed by atoms with van der Waals surface area (Å²) in [6.07, 6.45) is 0. The van der Waals surface area contributed by atoms with Gasteiger partial charge in [-0.25, -0.2) is 8.42 Å². The first-order valence-corrected chi connectivity index (χ1v) is 6.70. The molecule has 0 aliphatic carbocycles. The average Bonchev–Trinajstić information content (AvgIpc) is 2.29. The third kappa shape index (κ3) is 1.93. The number of halogens is 2. The van der Waals surface area contributed by atoms with E-state index in [1.54, 1.807) is 5.38 Å². The Hall–Kier alpha value is 0.220. The molecule has 0 aliphatic rings. The predicted octanol–water partition coefficient (Wildman–Crippen LogP) is 2.45. The van der Waals surface area contributed by atoms with E-state index in [4.69, 9.17) is 15.4 Å². The summed E-state index contributed by atoms with van der Waals surface area (Å²) in [7, 11) is 2.84. The fourth-order valence-electron chi connectivity index (χ4n) is 0.659. The Bertz CT molecular complexity index is 383. The summed E-state index contributed by atoms with van der Waals surface area (Å²) in [5, 5.41) is 1.61. The van der Waals surface area contributed by atoms with Crippen LogP contribution in [0.1, 0.15) is 0 Å². The standard InChI is InChI=1S/C5H4BrClO3S2/c1-10-4-3(6)2-11-5(4)12(7,8)9/h2H,1H3. The number of hydrogen-bond donors (Lipinski definition) is 0. The molecule has 68 valence electrons. The van der Waals surface area contributed by atoms with E-state index in [0.717, 1.165) is 11.3 Å². The van der Waals surface area contributed by atoms with Crippen LogP contribution < -0.4 is 4.74 Å². The van der Waals surface area contributed by atoms with Gasteiger partial charge in [-0.15, -0.1) is 11.3 Å². The van der Waals surface area contributed by atoms with Crippen molar-refractivity contribution >= 4 is 47.0 Å². The molecule has 0 radical (unpaired) electrons. The van der Waals surface area contributed by atoms with E-state index in [1.165, 1.54) is 7.11 Å². The highest BCUT2D eigenvalue weighted by Gasteiger charge is 2.21. The van der Waals surface area contributed by atoms with Gasteiger partial charge in [-0.05, 0) is 15.9 Å². The quantitative estimate of drug-likeness (QED) is 0.786. The van der Waals surface area contributed by atoms with Crippen LogP contribution in [-0.2, 0) is 9.05 Å². The van der Waals surface area contributed by atoms with Crippen LogP contribution >= 0.6 is 37.9 Å². The van der Waals surface area contributed by atoms with Gasteiger partial charge in [-0.3, -0.25) is 0 Å². The molecule has 1 aromatic heterocycles. The zero-order valence-electron chi connectivity index (χ0n) is 5.87. The van der Waals surface area contributed by atoms with Gasteiger partial charge in [-0.2, -0.15) is 0 Å². The van der Waals surface area contributed by atoms with Gasteiger partial charge >= 0.3 is 0 Å². The molecule has 0 saturated carbocycles. The molecular weight excluding hydrogens is 288 g/mol. The van der Waals surface area contributed by atoms with Gasteiger partial charge in [0, 0.05) is 16.1 Å². The summed E-state index contributed by atoms with van der Waals surface area (Å²) in [6, 6.07) is 0. The fourth-order valence-corrected chi connectivity index (χ4v) is 3.74. The monoisotopic (exact) mass is 290 g/mol. The fraction of sp³-hybridized carbons (Fsp3) is 0.200. The van der Waals surface area contributed by atoms with Crippen molar-refractivity contribution in [2.75, 3.05) is 7.11 Å². The van der Waals surface area contributed by atoms with E-state index in [1.807, 2.05) is 0 Å². The van der Waals surface area contributed by atoms with Crippen LogP contribution in [-0.4, -0.2) is 15.5 Å². The summed E-state index contributed by atoms with van der Waals surface area (Å²) in [6.45, 7) is 0. The van der Waals surface area contributed by atoms with Gasteiger partial charge in [0.2, 0.25) is 0 Å². The maximum Gasteiger partial charge on any atom is 0.274 e. The number of thiophene rings is 1. The Kier molecular flexibility index (Phi) is 3.03. The third-order valence-electron chi connectivity index (χ3n) is 1.10. The lowest BCUT2D eigenvalue weighted by atomic mass is 10.6. The van der Waals surface area contributed by atoms with Crippen LogP contribution in [0.2, 0.25) is 0 Å². The molecule has 0 saturated heterocycles. The smallest absolute Gasteiger partial charge is 0.274 e. The first-order chi connectivity index (χ1) is 5.46. The van der Waals surface area contributed by atoms with Gasteiger partial charge in [0.15, 0.2) is 9.96 Å². The first-order valence-electron chi connectivity index (χ1n) is 2.72. The zero-order chi connectivity index (χ0) is 9.35. The molecule has 0 aromatic carbocycles. The minimum Gasteiger partial charge on any atom is -0.493 e. The molecule has 0 aliphatic heterocycles. The normalized spacial score (nSPS) is 11.6. The summed E-state index contributed by atoms with van der Waals surface area (Å²) >= 11 is 4.15. The van der Waals surface area contributed by atoms with Crippen molar-refractivity contribution < 1.29 is 13.2 Å². The van der Waals surface area contributed by atoms with Gasteiger partial charge in [0.25, 0.3) is 9.05 Å². The topological polar surface area (TPSA) is 43.4 Å². The lowest BCUT2D eigenvalue weighted by Crippen LogP contribution is -1.91. The predicted molar refractivity (Wildman–Crippen MR) is 51.6 cm³/mol. The number of methoxy groups -OCH3 is 1. The highest BCUT2D eigenvalue weighted by atomic mass is 79.9. The summed E-state index contributed by atoms with van der Waals surface area (Å²) < 4.78 is 27.3. The van der Waals surface area contributed by atoms with Crippen molar-refractivity contribution in [3.8, 4) is 5.75 Å². The van der Waals surface area contributed by atoms with Crippen LogP contribution in [0.5, 0.6) is 5.75 Å². The Morgan fingerprint density at radius 3 is 2.58 bits per heavy atom. The van der Waals surface area contributed by atoms with E-state index >= 15 is 0 Å². The van der Waals surface area contributed by atoms with Crippen molar-refractivity contribution in [1.82, 2.24) is 0 Å².